The van der Waals surface area contributed by atoms with Crippen LogP contribution < -0.4 is 0 Å². The molecule has 1 saturated carbocycles. The van der Waals surface area contributed by atoms with E-state index < -0.39 is 0 Å². The van der Waals surface area contributed by atoms with Crippen molar-refractivity contribution in [1.82, 2.24) is 19.8 Å². The summed E-state index contributed by atoms with van der Waals surface area (Å²) in [7, 11) is 0. The maximum Gasteiger partial charge on any atom is 0.123 e. The zero-order chi connectivity index (χ0) is 21.6. The largest absolute Gasteiger partial charge is 0.300 e. The van der Waals surface area contributed by atoms with Crippen molar-refractivity contribution in [2.45, 2.75) is 57.7 Å². The number of pyridine rings is 1. The third-order valence-electron chi connectivity index (χ3n) is 7.09. The molecule has 1 aliphatic carbocycles. The highest BCUT2D eigenvalue weighted by molar-refractivity contribution is 7.15. The van der Waals surface area contributed by atoms with Crippen LogP contribution in [-0.2, 0) is 13.1 Å². The molecule has 5 heteroatoms. The molecule has 2 fully saturated rings. The van der Waals surface area contributed by atoms with Crippen molar-refractivity contribution in [2.24, 2.45) is 5.92 Å². The summed E-state index contributed by atoms with van der Waals surface area (Å²) in [5.41, 5.74) is 2.51. The molecule has 32 heavy (non-hydrogen) atoms. The molecule has 0 radical (unpaired) electrons. The molecule has 0 atom stereocenters. The van der Waals surface area contributed by atoms with Crippen LogP contribution in [0.2, 0.25) is 0 Å². The molecular weight excluding hydrogens is 412 g/mol. The molecule has 168 valence electrons. The molecule has 0 bridgehead atoms. The number of nitrogens with zero attached hydrogens (tertiary/aromatic N) is 4. The first kappa shape index (κ1) is 21.7. The SMILES string of the molecule is c1ccc(-c2ncc(CN(Cc3cccnc3)CC3CCN(C4CCCC4)CC3)s2)cc1. The molecule has 2 aromatic heterocycles. The van der Waals surface area contributed by atoms with Crippen LogP contribution in [0.25, 0.3) is 10.6 Å². The standard InChI is InChI=1S/C27H34N4S/c1-2-8-24(9-3-1)27-29-18-26(32-27)21-30(20-23-7-6-14-28-17-23)19-22-12-15-31(16-13-22)25-10-4-5-11-25/h1-3,6-9,14,17-18,22,25H,4-5,10-13,15-16,19-21H2. The van der Waals surface area contributed by atoms with Gasteiger partial charge in [-0.05, 0) is 56.3 Å². The fourth-order valence-electron chi connectivity index (χ4n) is 5.39. The summed E-state index contributed by atoms with van der Waals surface area (Å²) < 4.78 is 0. The summed E-state index contributed by atoms with van der Waals surface area (Å²) in [6.45, 7) is 5.65. The number of likely N-dealkylation sites (tertiary alicyclic amines) is 1. The molecule has 1 aliphatic heterocycles. The molecule has 1 saturated heterocycles. The number of thiazole rings is 1. The summed E-state index contributed by atoms with van der Waals surface area (Å²) in [6.07, 6.45) is 14.3. The lowest BCUT2D eigenvalue weighted by Gasteiger charge is -2.37. The highest BCUT2D eigenvalue weighted by Gasteiger charge is 2.28. The zero-order valence-electron chi connectivity index (χ0n) is 18.9. The highest BCUT2D eigenvalue weighted by atomic mass is 32.1. The van der Waals surface area contributed by atoms with Gasteiger partial charge in [0.25, 0.3) is 0 Å². The number of benzene rings is 1. The van der Waals surface area contributed by atoms with Crippen molar-refractivity contribution < 1.29 is 0 Å². The third kappa shape index (κ3) is 5.64. The van der Waals surface area contributed by atoms with Gasteiger partial charge in [-0.2, -0.15) is 0 Å². The Morgan fingerprint density at radius 2 is 1.72 bits per heavy atom. The molecule has 3 heterocycles. The lowest BCUT2D eigenvalue weighted by Crippen LogP contribution is -2.42. The van der Waals surface area contributed by atoms with E-state index in [2.05, 4.69) is 57.4 Å². The van der Waals surface area contributed by atoms with Crippen LogP contribution in [0.4, 0.5) is 0 Å². The second kappa shape index (κ2) is 10.7. The van der Waals surface area contributed by atoms with E-state index in [1.807, 2.05) is 29.8 Å². The number of rotatable bonds is 8. The summed E-state index contributed by atoms with van der Waals surface area (Å²) in [5.74, 6) is 0.783. The second-order valence-electron chi connectivity index (χ2n) is 9.45. The van der Waals surface area contributed by atoms with Gasteiger partial charge < -0.3 is 4.90 Å². The molecule has 5 rings (SSSR count). The van der Waals surface area contributed by atoms with Crippen LogP contribution in [-0.4, -0.2) is 45.4 Å². The minimum absolute atomic E-state index is 0.783. The molecule has 4 nitrogen and oxygen atoms in total. The predicted molar refractivity (Wildman–Crippen MR) is 132 cm³/mol. The Hall–Kier alpha value is -2.08. The summed E-state index contributed by atoms with van der Waals surface area (Å²) in [6, 6.07) is 15.6. The van der Waals surface area contributed by atoms with Crippen LogP contribution in [0.15, 0.2) is 61.1 Å². The Morgan fingerprint density at radius 3 is 2.47 bits per heavy atom. The monoisotopic (exact) mass is 446 g/mol. The van der Waals surface area contributed by atoms with Crippen LogP contribution in [0.5, 0.6) is 0 Å². The van der Waals surface area contributed by atoms with Gasteiger partial charge >= 0.3 is 0 Å². The van der Waals surface area contributed by atoms with E-state index in [0.29, 0.717) is 0 Å². The van der Waals surface area contributed by atoms with Gasteiger partial charge in [-0.1, -0.05) is 49.2 Å². The number of piperidine rings is 1. The van der Waals surface area contributed by atoms with E-state index in [9.17, 15) is 0 Å². The highest BCUT2D eigenvalue weighted by Crippen LogP contribution is 2.30. The van der Waals surface area contributed by atoms with E-state index in [1.54, 1.807) is 0 Å². The molecular formula is C27H34N4S. The van der Waals surface area contributed by atoms with E-state index in [0.717, 1.165) is 36.6 Å². The molecule has 1 aromatic carbocycles. The van der Waals surface area contributed by atoms with Gasteiger partial charge in [-0.25, -0.2) is 4.98 Å². The molecule has 0 spiro atoms. The zero-order valence-corrected chi connectivity index (χ0v) is 19.7. The van der Waals surface area contributed by atoms with Gasteiger partial charge in [0.15, 0.2) is 0 Å². The van der Waals surface area contributed by atoms with Crippen LogP contribution >= 0.6 is 11.3 Å². The van der Waals surface area contributed by atoms with Crippen LogP contribution in [0.1, 0.15) is 49.0 Å². The lowest BCUT2D eigenvalue weighted by molar-refractivity contribution is 0.107. The number of hydrogen-bond donors (Lipinski definition) is 0. The van der Waals surface area contributed by atoms with Gasteiger partial charge in [0.2, 0.25) is 0 Å². The van der Waals surface area contributed by atoms with Gasteiger partial charge in [-0.15, -0.1) is 11.3 Å². The first-order chi connectivity index (χ1) is 15.8. The van der Waals surface area contributed by atoms with Crippen molar-refractivity contribution >= 4 is 11.3 Å². The quantitative estimate of drug-likeness (QED) is 0.434. The fraction of sp³-hybridized carbons (Fsp3) is 0.481. The van der Waals surface area contributed by atoms with E-state index in [1.165, 1.54) is 67.6 Å². The average Bonchev–Trinajstić information content (AvgIpc) is 3.54. The van der Waals surface area contributed by atoms with Crippen molar-refractivity contribution in [3.8, 4) is 10.6 Å². The average molecular weight is 447 g/mol. The third-order valence-corrected chi connectivity index (χ3v) is 8.12. The molecule has 0 amide bonds. The lowest BCUT2D eigenvalue weighted by atomic mass is 9.94. The van der Waals surface area contributed by atoms with Crippen molar-refractivity contribution in [1.29, 1.82) is 0 Å². The van der Waals surface area contributed by atoms with Gasteiger partial charge in [0.05, 0.1) is 0 Å². The van der Waals surface area contributed by atoms with Crippen LogP contribution in [0, 0.1) is 5.92 Å². The molecule has 0 unspecified atom stereocenters. The van der Waals surface area contributed by atoms with Crippen molar-refractivity contribution in [2.75, 3.05) is 19.6 Å². The minimum atomic E-state index is 0.783. The van der Waals surface area contributed by atoms with Gasteiger partial charge in [0.1, 0.15) is 5.01 Å². The smallest absolute Gasteiger partial charge is 0.123 e. The number of hydrogen-bond acceptors (Lipinski definition) is 5. The fourth-order valence-corrected chi connectivity index (χ4v) is 6.35. The Morgan fingerprint density at radius 1 is 0.906 bits per heavy atom. The summed E-state index contributed by atoms with van der Waals surface area (Å²) in [5, 5.41) is 1.12. The van der Waals surface area contributed by atoms with Crippen LogP contribution in [0.3, 0.4) is 0 Å². The predicted octanol–water partition coefficient (Wildman–Crippen LogP) is 5.86. The number of aromatic nitrogens is 2. The maximum atomic E-state index is 4.72. The van der Waals surface area contributed by atoms with Gasteiger partial charge in [-0.3, -0.25) is 9.88 Å². The van der Waals surface area contributed by atoms with Gasteiger partial charge in [0, 0.05) is 54.7 Å². The Kier molecular flexibility index (Phi) is 7.27. The first-order valence-corrected chi connectivity index (χ1v) is 13.0. The molecule has 3 aromatic rings. The summed E-state index contributed by atoms with van der Waals surface area (Å²) in [4.78, 5) is 15.8. The normalized spacial score (nSPS) is 18.5. The Bertz CT molecular complexity index is 944. The summed E-state index contributed by atoms with van der Waals surface area (Å²) >= 11 is 1.83. The first-order valence-electron chi connectivity index (χ1n) is 12.2. The van der Waals surface area contributed by atoms with E-state index in [4.69, 9.17) is 4.98 Å². The van der Waals surface area contributed by atoms with Crippen molar-refractivity contribution in [3.63, 3.8) is 0 Å². The Labute approximate surface area is 196 Å². The van der Waals surface area contributed by atoms with E-state index >= 15 is 0 Å². The van der Waals surface area contributed by atoms with Crippen molar-refractivity contribution in [3.05, 3.63) is 71.5 Å². The molecule has 2 aliphatic rings. The Balaban J connectivity index is 1.23. The molecule has 0 N–H and O–H groups in total. The minimum Gasteiger partial charge on any atom is -0.300 e. The maximum absolute atomic E-state index is 4.72. The topological polar surface area (TPSA) is 32.3 Å². The van der Waals surface area contributed by atoms with E-state index in [-0.39, 0.29) is 0 Å². The second-order valence-corrected chi connectivity index (χ2v) is 10.6.